The van der Waals surface area contributed by atoms with E-state index in [1.165, 1.54) is 0 Å². The van der Waals surface area contributed by atoms with Crippen LogP contribution in [0.2, 0.25) is 0 Å². The third kappa shape index (κ3) is 5.43. The maximum atomic E-state index is 12.7. The summed E-state index contributed by atoms with van der Waals surface area (Å²) in [7, 11) is 1.54. The summed E-state index contributed by atoms with van der Waals surface area (Å²) in [5, 5.41) is 5.28. The molecule has 162 valence electrons. The van der Waals surface area contributed by atoms with Crippen molar-refractivity contribution < 1.29 is 28.6 Å². The van der Waals surface area contributed by atoms with Crippen molar-refractivity contribution >= 4 is 33.9 Å². The largest absolute Gasteiger partial charge is 0.497 e. The number of urea groups is 1. The van der Waals surface area contributed by atoms with Crippen molar-refractivity contribution in [1.29, 1.82) is 0 Å². The van der Waals surface area contributed by atoms with Crippen molar-refractivity contribution in [3.8, 4) is 5.75 Å². The Morgan fingerprint density at radius 2 is 1.68 bits per heavy atom. The molecular formula is C22H21BrN2O6. The summed E-state index contributed by atoms with van der Waals surface area (Å²) in [6, 6.07) is 12.3. The summed E-state index contributed by atoms with van der Waals surface area (Å²) in [6.45, 7) is 1.53. The highest BCUT2D eigenvalue weighted by Crippen LogP contribution is 2.29. The van der Waals surface area contributed by atoms with Crippen molar-refractivity contribution in [3.63, 3.8) is 0 Å². The molecule has 0 spiro atoms. The number of benzene rings is 2. The molecule has 31 heavy (non-hydrogen) atoms. The minimum absolute atomic E-state index is 0.150. The smallest absolute Gasteiger partial charge is 0.338 e. The van der Waals surface area contributed by atoms with Crippen LogP contribution >= 0.6 is 15.9 Å². The van der Waals surface area contributed by atoms with Gasteiger partial charge >= 0.3 is 18.0 Å². The highest BCUT2D eigenvalue weighted by molar-refractivity contribution is 9.10. The van der Waals surface area contributed by atoms with Gasteiger partial charge in [-0.05, 0) is 48.9 Å². The summed E-state index contributed by atoms with van der Waals surface area (Å²) in [4.78, 5) is 37.4. The fourth-order valence-electron chi connectivity index (χ4n) is 3.04. The maximum Gasteiger partial charge on any atom is 0.338 e. The molecule has 2 N–H and O–H groups in total. The Labute approximate surface area is 187 Å². The van der Waals surface area contributed by atoms with Gasteiger partial charge in [-0.3, -0.25) is 0 Å². The molecule has 9 heteroatoms. The first kappa shape index (κ1) is 22.4. The number of amides is 2. The number of ether oxygens (including phenoxy) is 3. The Morgan fingerprint density at radius 3 is 2.29 bits per heavy atom. The van der Waals surface area contributed by atoms with Crippen LogP contribution in [-0.4, -0.2) is 38.3 Å². The SMILES string of the molecule is CCOC(=O)C1=C(COC(=O)c2ccc(Br)cc2)NC(=O)NC1c1ccc(OC)cc1. The molecule has 1 aliphatic rings. The zero-order chi connectivity index (χ0) is 22.4. The second-order valence-electron chi connectivity index (χ2n) is 6.50. The van der Waals surface area contributed by atoms with Crippen LogP contribution in [0.25, 0.3) is 0 Å². The van der Waals surface area contributed by atoms with Crippen molar-refractivity contribution in [3.05, 3.63) is 75.4 Å². The fourth-order valence-corrected chi connectivity index (χ4v) is 3.30. The van der Waals surface area contributed by atoms with E-state index in [4.69, 9.17) is 14.2 Å². The van der Waals surface area contributed by atoms with E-state index in [1.54, 1.807) is 62.6 Å². The second-order valence-corrected chi connectivity index (χ2v) is 7.42. The van der Waals surface area contributed by atoms with Crippen molar-refractivity contribution in [2.24, 2.45) is 0 Å². The van der Waals surface area contributed by atoms with Gasteiger partial charge in [0.05, 0.1) is 36.6 Å². The third-order valence-electron chi connectivity index (χ3n) is 4.53. The van der Waals surface area contributed by atoms with Gasteiger partial charge in [0, 0.05) is 4.47 Å². The van der Waals surface area contributed by atoms with Crippen LogP contribution < -0.4 is 15.4 Å². The highest BCUT2D eigenvalue weighted by Gasteiger charge is 2.34. The molecule has 2 amide bonds. The number of carbonyl (C=O) groups excluding carboxylic acids is 3. The molecule has 2 aromatic carbocycles. The average molecular weight is 489 g/mol. The van der Waals surface area contributed by atoms with Gasteiger partial charge in [0.15, 0.2) is 0 Å². The molecule has 0 radical (unpaired) electrons. The Balaban J connectivity index is 1.91. The van der Waals surface area contributed by atoms with Gasteiger partial charge in [0.25, 0.3) is 0 Å². The Kier molecular flexibility index (Phi) is 7.30. The number of rotatable bonds is 7. The maximum absolute atomic E-state index is 12.7. The number of nitrogens with one attached hydrogen (secondary N) is 2. The van der Waals surface area contributed by atoms with Crippen LogP contribution in [0, 0.1) is 0 Å². The summed E-state index contributed by atoms with van der Waals surface area (Å²) in [6.07, 6.45) is 0. The molecule has 0 bridgehead atoms. The lowest BCUT2D eigenvalue weighted by molar-refractivity contribution is -0.139. The van der Waals surface area contributed by atoms with Gasteiger partial charge in [-0.15, -0.1) is 0 Å². The lowest BCUT2D eigenvalue weighted by Gasteiger charge is -2.29. The molecule has 1 unspecified atom stereocenters. The van der Waals surface area contributed by atoms with Gasteiger partial charge in [0.1, 0.15) is 12.4 Å². The molecule has 0 aliphatic carbocycles. The normalized spacial score (nSPS) is 15.6. The molecule has 1 heterocycles. The number of hydrogen-bond donors (Lipinski definition) is 2. The van der Waals surface area contributed by atoms with E-state index in [9.17, 15) is 14.4 Å². The fraction of sp³-hybridized carbons (Fsp3) is 0.227. The van der Waals surface area contributed by atoms with Gasteiger partial charge in [-0.2, -0.15) is 0 Å². The number of methoxy groups -OCH3 is 1. The minimum atomic E-state index is -0.778. The van der Waals surface area contributed by atoms with Crippen LogP contribution in [-0.2, 0) is 14.3 Å². The quantitative estimate of drug-likeness (QED) is 0.578. The van der Waals surface area contributed by atoms with Gasteiger partial charge < -0.3 is 24.8 Å². The van der Waals surface area contributed by atoms with Gasteiger partial charge in [0.2, 0.25) is 0 Å². The predicted molar refractivity (Wildman–Crippen MR) is 115 cm³/mol. The molecule has 0 saturated carbocycles. The zero-order valence-corrected chi connectivity index (χ0v) is 18.5. The van der Waals surface area contributed by atoms with E-state index in [0.29, 0.717) is 16.9 Å². The lowest BCUT2D eigenvalue weighted by atomic mass is 9.95. The summed E-state index contributed by atoms with van der Waals surface area (Å²) >= 11 is 3.31. The summed E-state index contributed by atoms with van der Waals surface area (Å²) in [5.74, 6) is -0.572. The lowest BCUT2D eigenvalue weighted by Crippen LogP contribution is -2.47. The summed E-state index contributed by atoms with van der Waals surface area (Å²) in [5.41, 5.74) is 1.31. The number of esters is 2. The van der Waals surface area contributed by atoms with Crippen molar-refractivity contribution in [2.75, 3.05) is 20.3 Å². The monoisotopic (exact) mass is 488 g/mol. The number of hydrogen-bond acceptors (Lipinski definition) is 6. The molecule has 2 aromatic rings. The van der Waals surface area contributed by atoms with Gasteiger partial charge in [-0.25, -0.2) is 14.4 Å². The molecule has 8 nitrogen and oxygen atoms in total. The van der Waals surface area contributed by atoms with E-state index in [2.05, 4.69) is 26.6 Å². The second kappa shape index (κ2) is 10.1. The van der Waals surface area contributed by atoms with E-state index in [-0.39, 0.29) is 24.5 Å². The first-order valence-corrected chi connectivity index (χ1v) is 10.3. The van der Waals surface area contributed by atoms with Crippen LogP contribution in [0.15, 0.2) is 64.3 Å². The van der Waals surface area contributed by atoms with E-state index < -0.39 is 24.0 Å². The first-order valence-electron chi connectivity index (χ1n) is 9.47. The molecular weight excluding hydrogens is 468 g/mol. The van der Waals surface area contributed by atoms with E-state index >= 15 is 0 Å². The van der Waals surface area contributed by atoms with Crippen LogP contribution in [0.3, 0.4) is 0 Å². The van der Waals surface area contributed by atoms with E-state index in [0.717, 1.165) is 4.47 Å². The van der Waals surface area contributed by atoms with Crippen LogP contribution in [0.5, 0.6) is 5.75 Å². The Morgan fingerprint density at radius 1 is 1.00 bits per heavy atom. The molecule has 0 saturated heterocycles. The van der Waals surface area contributed by atoms with E-state index in [1.807, 2.05) is 0 Å². The molecule has 3 rings (SSSR count). The third-order valence-corrected chi connectivity index (χ3v) is 5.05. The molecule has 0 aromatic heterocycles. The molecule has 1 atom stereocenters. The highest BCUT2D eigenvalue weighted by atomic mass is 79.9. The first-order chi connectivity index (χ1) is 14.9. The predicted octanol–water partition coefficient (Wildman–Crippen LogP) is 3.49. The number of carbonyl (C=O) groups is 3. The Bertz CT molecular complexity index is 1000. The minimum Gasteiger partial charge on any atom is -0.497 e. The van der Waals surface area contributed by atoms with Crippen LogP contribution in [0.4, 0.5) is 4.79 Å². The summed E-state index contributed by atoms with van der Waals surface area (Å²) < 4.78 is 16.5. The van der Waals surface area contributed by atoms with Gasteiger partial charge in [-0.1, -0.05) is 28.1 Å². The van der Waals surface area contributed by atoms with Crippen molar-refractivity contribution in [1.82, 2.24) is 10.6 Å². The molecule has 0 fully saturated rings. The number of halogens is 1. The zero-order valence-electron chi connectivity index (χ0n) is 16.9. The van der Waals surface area contributed by atoms with Crippen LogP contribution in [0.1, 0.15) is 28.9 Å². The average Bonchev–Trinajstić information content (AvgIpc) is 2.77. The standard InChI is InChI=1S/C22H21BrN2O6/c1-3-30-21(27)18-17(12-31-20(26)14-4-8-15(23)9-5-14)24-22(28)25-19(18)13-6-10-16(29-2)11-7-13/h4-11,19H,3,12H2,1-2H3,(H2,24,25,28). The van der Waals surface area contributed by atoms with Crippen molar-refractivity contribution in [2.45, 2.75) is 13.0 Å². The topological polar surface area (TPSA) is 103 Å². The Hall–Kier alpha value is -3.33. The molecule has 1 aliphatic heterocycles.